The molecule has 7 heteroatoms. The Morgan fingerprint density at radius 1 is 1.19 bits per heavy atom. The number of sulfonamides is 1. The summed E-state index contributed by atoms with van der Waals surface area (Å²) in [4.78, 5) is 2.15. The first-order chi connectivity index (χ1) is 9.72. The second kappa shape index (κ2) is 5.40. The summed E-state index contributed by atoms with van der Waals surface area (Å²) < 4.78 is 27.6. The van der Waals surface area contributed by atoms with Crippen molar-refractivity contribution in [1.82, 2.24) is 10.2 Å². The van der Waals surface area contributed by atoms with Gasteiger partial charge in [-0.1, -0.05) is 6.07 Å². The van der Waals surface area contributed by atoms with Crippen molar-refractivity contribution < 1.29 is 8.42 Å². The van der Waals surface area contributed by atoms with Gasteiger partial charge in [-0.05, 0) is 38.5 Å². The molecule has 6 nitrogen and oxygen atoms in total. The lowest BCUT2D eigenvalue weighted by molar-refractivity contribution is 0.600. The lowest BCUT2D eigenvalue weighted by Crippen LogP contribution is -2.16. The molecule has 0 radical (unpaired) electrons. The number of aryl methyl sites for hydroxylation is 3. The van der Waals surface area contributed by atoms with Crippen LogP contribution in [0.25, 0.3) is 0 Å². The summed E-state index contributed by atoms with van der Waals surface area (Å²) in [7, 11) is 0.194. The maximum absolute atomic E-state index is 12.5. The summed E-state index contributed by atoms with van der Waals surface area (Å²) in [6, 6.07) is 5.46. The average molecular weight is 308 g/mol. The summed E-state index contributed by atoms with van der Waals surface area (Å²) >= 11 is 0. The first kappa shape index (κ1) is 15.4. The summed E-state index contributed by atoms with van der Waals surface area (Å²) in [6.45, 7) is 5.34. The molecule has 21 heavy (non-hydrogen) atoms. The molecule has 0 unspecified atom stereocenters. The van der Waals surface area contributed by atoms with Crippen LogP contribution in [0.15, 0.2) is 23.1 Å². The predicted molar refractivity (Wildman–Crippen MR) is 84.4 cm³/mol. The van der Waals surface area contributed by atoms with E-state index in [-0.39, 0.29) is 4.90 Å². The van der Waals surface area contributed by atoms with Gasteiger partial charge in [0.2, 0.25) is 0 Å². The molecule has 1 heterocycles. The van der Waals surface area contributed by atoms with Crippen LogP contribution in [-0.2, 0) is 10.0 Å². The Morgan fingerprint density at radius 3 is 2.38 bits per heavy atom. The molecule has 2 rings (SSSR count). The number of hydrogen-bond acceptors (Lipinski definition) is 4. The Morgan fingerprint density at radius 2 is 1.86 bits per heavy atom. The highest BCUT2D eigenvalue weighted by Gasteiger charge is 2.22. The molecule has 0 fully saturated rings. The molecule has 0 amide bonds. The highest BCUT2D eigenvalue weighted by molar-refractivity contribution is 7.92. The van der Waals surface area contributed by atoms with Gasteiger partial charge in [-0.25, -0.2) is 8.42 Å². The number of anilines is 2. The molecule has 0 spiro atoms. The van der Waals surface area contributed by atoms with Crippen LogP contribution in [0.3, 0.4) is 0 Å². The molecule has 1 aromatic heterocycles. The van der Waals surface area contributed by atoms with Crippen molar-refractivity contribution in [2.24, 2.45) is 0 Å². The van der Waals surface area contributed by atoms with Crippen molar-refractivity contribution in [2.45, 2.75) is 25.7 Å². The number of hydrogen-bond donors (Lipinski definition) is 2. The molecular weight excluding hydrogens is 288 g/mol. The molecule has 2 N–H and O–H groups in total. The Bertz CT molecular complexity index is 744. The van der Waals surface area contributed by atoms with Gasteiger partial charge in [-0.15, -0.1) is 0 Å². The Kier molecular flexibility index (Phi) is 3.95. The molecule has 0 aliphatic carbocycles. The normalized spacial score (nSPS) is 11.5. The van der Waals surface area contributed by atoms with Gasteiger partial charge in [-0.2, -0.15) is 5.10 Å². The number of nitrogens with zero attached hydrogens (tertiary/aromatic N) is 2. The van der Waals surface area contributed by atoms with Crippen molar-refractivity contribution in [3.05, 3.63) is 35.2 Å². The zero-order chi connectivity index (χ0) is 15.8. The highest BCUT2D eigenvalue weighted by atomic mass is 32.2. The first-order valence-corrected chi connectivity index (χ1v) is 8.03. The minimum Gasteiger partial charge on any atom is -0.377 e. The fourth-order valence-corrected chi connectivity index (χ4v) is 3.72. The molecular formula is C14H20N4O2S. The third-order valence-corrected chi connectivity index (χ3v) is 4.92. The van der Waals surface area contributed by atoms with Crippen molar-refractivity contribution in [2.75, 3.05) is 23.7 Å². The molecule has 1 aromatic carbocycles. The van der Waals surface area contributed by atoms with Crippen LogP contribution in [-0.4, -0.2) is 32.7 Å². The van der Waals surface area contributed by atoms with E-state index >= 15 is 0 Å². The topological polar surface area (TPSA) is 78.1 Å². The van der Waals surface area contributed by atoms with E-state index in [1.165, 1.54) is 0 Å². The second-order valence-electron chi connectivity index (χ2n) is 5.26. The number of rotatable bonds is 4. The lowest BCUT2D eigenvalue weighted by Gasteiger charge is -2.17. The van der Waals surface area contributed by atoms with Crippen LogP contribution in [0.5, 0.6) is 0 Å². The van der Waals surface area contributed by atoms with E-state index in [9.17, 15) is 8.42 Å². The lowest BCUT2D eigenvalue weighted by atomic mass is 10.2. The summed E-state index contributed by atoms with van der Waals surface area (Å²) in [5.41, 5.74) is 3.57. The zero-order valence-electron chi connectivity index (χ0n) is 12.9. The van der Waals surface area contributed by atoms with Crippen LogP contribution in [0.1, 0.15) is 17.0 Å². The minimum absolute atomic E-state index is 0.203. The third kappa shape index (κ3) is 3.02. The second-order valence-corrected chi connectivity index (χ2v) is 6.88. The van der Waals surface area contributed by atoms with E-state index in [1.807, 2.05) is 38.1 Å². The smallest absolute Gasteiger partial charge is 0.265 e. The highest BCUT2D eigenvalue weighted by Crippen LogP contribution is 2.25. The van der Waals surface area contributed by atoms with E-state index in [2.05, 4.69) is 14.9 Å². The van der Waals surface area contributed by atoms with Crippen molar-refractivity contribution >= 4 is 21.4 Å². The number of aromatic amines is 1. The Hall–Kier alpha value is -2.02. The van der Waals surface area contributed by atoms with E-state index < -0.39 is 10.0 Å². The summed E-state index contributed by atoms with van der Waals surface area (Å²) in [5, 5.41) is 6.62. The van der Waals surface area contributed by atoms with Crippen LogP contribution in [0, 0.1) is 20.8 Å². The van der Waals surface area contributed by atoms with Gasteiger partial charge in [0.05, 0.1) is 17.1 Å². The predicted octanol–water partition coefficient (Wildman–Crippen LogP) is 2.20. The van der Waals surface area contributed by atoms with Crippen LogP contribution < -0.4 is 9.62 Å². The van der Waals surface area contributed by atoms with Gasteiger partial charge in [0, 0.05) is 19.8 Å². The van der Waals surface area contributed by atoms with E-state index in [0.29, 0.717) is 17.1 Å². The SMILES string of the molecule is Cc1ccc(NS(=O)(=O)c2c(C)n[nH]c2C)cc1N(C)C. The number of benzene rings is 1. The molecule has 2 aromatic rings. The number of H-pyrrole nitrogens is 1. The quantitative estimate of drug-likeness (QED) is 0.907. The molecule has 0 aliphatic heterocycles. The van der Waals surface area contributed by atoms with E-state index in [4.69, 9.17) is 0 Å². The minimum atomic E-state index is -3.65. The fourth-order valence-electron chi connectivity index (χ4n) is 2.30. The van der Waals surface area contributed by atoms with Crippen molar-refractivity contribution in [3.8, 4) is 0 Å². The van der Waals surface area contributed by atoms with Crippen molar-refractivity contribution in [1.29, 1.82) is 0 Å². The van der Waals surface area contributed by atoms with Crippen LogP contribution in [0.2, 0.25) is 0 Å². The van der Waals surface area contributed by atoms with E-state index in [1.54, 1.807) is 19.9 Å². The molecule has 0 saturated carbocycles. The number of nitrogens with one attached hydrogen (secondary N) is 2. The maximum atomic E-state index is 12.5. The fraction of sp³-hybridized carbons (Fsp3) is 0.357. The van der Waals surface area contributed by atoms with Gasteiger partial charge >= 0.3 is 0 Å². The summed E-state index contributed by atoms with van der Waals surface area (Å²) in [6.07, 6.45) is 0. The van der Waals surface area contributed by atoms with Gasteiger partial charge in [0.25, 0.3) is 10.0 Å². The van der Waals surface area contributed by atoms with Crippen LogP contribution in [0.4, 0.5) is 11.4 Å². The monoisotopic (exact) mass is 308 g/mol. The largest absolute Gasteiger partial charge is 0.377 e. The van der Waals surface area contributed by atoms with Gasteiger partial charge in [0.15, 0.2) is 0 Å². The van der Waals surface area contributed by atoms with Crippen LogP contribution >= 0.6 is 0 Å². The van der Waals surface area contributed by atoms with Gasteiger partial charge < -0.3 is 4.90 Å². The number of aromatic nitrogens is 2. The summed E-state index contributed by atoms with van der Waals surface area (Å²) in [5.74, 6) is 0. The zero-order valence-corrected chi connectivity index (χ0v) is 13.7. The van der Waals surface area contributed by atoms with Gasteiger partial charge in [-0.3, -0.25) is 9.82 Å². The molecule has 0 aliphatic rings. The third-order valence-electron chi connectivity index (χ3n) is 3.27. The molecule has 114 valence electrons. The Labute approximate surface area is 125 Å². The first-order valence-electron chi connectivity index (χ1n) is 6.54. The Balaban J connectivity index is 2.40. The van der Waals surface area contributed by atoms with Gasteiger partial charge in [0.1, 0.15) is 4.90 Å². The molecule has 0 bridgehead atoms. The standard InChI is InChI=1S/C14H20N4O2S/c1-9-6-7-12(8-13(9)18(4)5)17-21(19,20)14-10(2)15-16-11(14)3/h6-8,17H,1-5H3,(H,15,16). The average Bonchev–Trinajstić information content (AvgIpc) is 2.71. The van der Waals surface area contributed by atoms with E-state index in [0.717, 1.165) is 11.3 Å². The molecule has 0 atom stereocenters. The maximum Gasteiger partial charge on any atom is 0.265 e. The molecule has 0 saturated heterocycles. The van der Waals surface area contributed by atoms with Crippen molar-refractivity contribution in [3.63, 3.8) is 0 Å².